The van der Waals surface area contributed by atoms with E-state index in [0.717, 1.165) is 54.7 Å². The summed E-state index contributed by atoms with van der Waals surface area (Å²) in [6, 6.07) is 19.1. The number of carbonyl (C=O) groups is 3. The maximum Gasteiger partial charge on any atom is 0.254 e. The fraction of sp³-hybridized carbons (Fsp3) is 0.275. The van der Waals surface area contributed by atoms with Gasteiger partial charge in [0.25, 0.3) is 5.91 Å². The number of imide groups is 1. The van der Waals surface area contributed by atoms with Crippen molar-refractivity contribution in [1.82, 2.24) is 34.5 Å². The molecule has 4 aromatic heterocycles. The lowest BCUT2D eigenvalue weighted by molar-refractivity contribution is -0.124. The van der Waals surface area contributed by atoms with Gasteiger partial charge in [0.2, 0.25) is 5.91 Å². The number of aromatic nitrogens is 6. The minimum absolute atomic E-state index is 0.0244. The van der Waals surface area contributed by atoms with Gasteiger partial charge in [-0.25, -0.2) is 26.8 Å². The third kappa shape index (κ3) is 9.13. The highest BCUT2D eigenvalue weighted by Gasteiger charge is 2.27. The molecular weight excluding hydrogens is 783 g/mol. The van der Waals surface area contributed by atoms with E-state index in [0.29, 0.717) is 62.6 Å². The number of fused-ring (bicyclic) bond motifs is 2. The van der Waals surface area contributed by atoms with Gasteiger partial charge < -0.3 is 10.6 Å². The normalized spacial score (nSPS) is 16.3. The Morgan fingerprint density at radius 2 is 1.21 bits per heavy atom. The zero-order valence-electron chi connectivity index (χ0n) is 31.5. The molecule has 2 aromatic carbocycles. The van der Waals surface area contributed by atoms with Crippen molar-refractivity contribution >= 4 is 66.8 Å². The molecule has 3 N–H and O–H groups in total. The van der Waals surface area contributed by atoms with Crippen LogP contribution in [0.5, 0.6) is 0 Å². The minimum Gasteiger partial charge on any atom is -0.367 e. The second kappa shape index (κ2) is 15.2. The van der Waals surface area contributed by atoms with Crippen molar-refractivity contribution in [3.8, 4) is 22.5 Å². The number of aldehydes is 1. The lowest BCUT2D eigenvalue weighted by atomic mass is 10.1. The van der Waals surface area contributed by atoms with Crippen molar-refractivity contribution in [1.29, 1.82) is 0 Å². The number of benzene rings is 2. The first-order valence-corrected chi connectivity index (χ1v) is 22.6. The molecule has 0 spiro atoms. The number of nitrogens with one attached hydrogen (secondary N) is 3. The first-order valence-electron chi connectivity index (χ1n) is 18.5. The molecular formula is C40H39N9O7S2. The van der Waals surface area contributed by atoms with Crippen LogP contribution >= 0.6 is 0 Å². The first-order chi connectivity index (χ1) is 27.7. The summed E-state index contributed by atoms with van der Waals surface area (Å²) in [6.07, 6.45) is 12.3. The monoisotopic (exact) mass is 821 g/mol. The molecule has 5 heterocycles. The van der Waals surface area contributed by atoms with Crippen molar-refractivity contribution in [2.75, 3.05) is 23.1 Å². The van der Waals surface area contributed by atoms with Gasteiger partial charge in [0.1, 0.15) is 11.6 Å². The summed E-state index contributed by atoms with van der Waals surface area (Å²) in [6.45, 7) is 0. The summed E-state index contributed by atoms with van der Waals surface area (Å²) < 4.78 is 49.9. The summed E-state index contributed by atoms with van der Waals surface area (Å²) in [4.78, 5) is 44.2. The quantitative estimate of drug-likeness (QED) is 0.0895. The van der Waals surface area contributed by atoms with Crippen LogP contribution in [0.25, 0.3) is 39.9 Å². The Kier molecular flexibility index (Phi) is 10.1. The Balaban J connectivity index is 0.000000165. The molecule has 2 amide bonds. The van der Waals surface area contributed by atoms with Gasteiger partial charge in [0, 0.05) is 59.0 Å². The predicted molar refractivity (Wildman–Crippen MR) is 218 cm³/mol. The van der Waals surface area contributed by atoms with Crippen molar-refractivity contribution in [2.45, 2.75) is 55.7 Å². The molecule has 0 radical (unpaired) electrons. The van der Waals surface area contributed by atoms with Crippen LogP contribution in [0, 0.1) is 0 Å². The van der Waals surface area contributed by atoms with Crippen molar-refractivity contribution < 1.29 is 31.2 Å². The van der Waals surface area contributed by atoms with Crippen molar-refractivity contribution in [3.63, 3.8) is 0 Å². The molecule has 298 valence electrons. The van der Waals surface area contributed by atoms with E-state index < -0.39 is 25.6 Å². The van der Waals surface area contributed by atoms with Gasteiger partial charge >= 0.3 is 0 Å². The summed E-state index contributed by atoms with van der Waals surface area (Å²) in [7, 11) is -6.29. The average molecular weight is 822 g/mol. The molecule has 9 rings (SSSR count). The molecule has 2 aliphatic carbocycles. The number of anilines is 2. The molecule has 58 heavy (non-hydrogen) atoms. The third-order valence-electron chi connectivity index (χ3n) is 9.51. The Hall–Kier alpha value is -6.27. The van der Waals surface area contributed by atoms with Gasteiger partial charge in [-0.2, -0.15) is 19.2 Å². The largest absolute Gasteiger partial charge is 0.367 e. The van der Waals surface area contributed by atoms with Gasteiger partial charge in [-0.3, -0.25) is 19.7 Å². The van der Waals surface area contributed by atoms with Gasteiger partial charge in [0.15, 0.2) is 37.3 Å². The summed E-state index contributed by atoms with van der Waals surface area (Å²) in [5, 5.41) is 17.8. The number of hydrogen-bond acceptors (Lipinski definition) is 13. The highest BCUT2D eigenvalue weighted by Crippen LogP contribution is 2.31. The van der Waals surface area contributed by atoms with E-state index in [1.165, 1.54) is 18.7 Å². The number of sulfone groups is 2. The van der Waals surface area contributed by atoms with E-state index in [2.05, 4.69) is 31.1 Å². The van der Waals surface area contributed by atoms with Crippen LogP contribution in [-0.2, 0) is 40.8 Å². The number of nitrogens with zero attached hydrogens (tertiary/aromatic N) is 6. The molecule has 0 bridgehead atoms. The molecule has 6 aromatic rings. The lowest BCUT2D eigenvalue weighted by Gasteiger charge is -2.11. The fourth-order valence-corrected chi connectivity index (χ4v) is 8.14. The van der Waals surface area contributed by atoms with Crippen LogP contribution in [0.2, 0.25) is 0 Å². The number of carbonyl (C=O) groups excluding carboxylic acids is 3. The highest BCUT2D eigenvalue weighted by atomic mass is 32.2. The summed E-state index contributed by atoms with van der Waals surface area (Å²) >= 11 is 0. The average Bonchev–Trinajstić information content (AvgIpc) is 4.05. The van der Waals surface area contributed by atoms with Gasteiger partial charge in [-0.15, -0.1) is 0 Å². The van der Waals surface area contributed by atoms with Crippen LogP contribution < -0.4 is 16.0 Å². The van der Waals surface area contributed by atoms with Crippen LogP contribution in [0.1, 0.15) is 59.2 Å². The Morgan fingerprint density at radius 3 is 1.64 bits per heavy atom. The predicted octanol–water partition coefficient (Wildman–Crippen LogP) is 4.27. The molecule has 3 aliphatic rings. The van der Waals surface area contributed by atoms with E-state index in [4.69, 9.17) is 4.98 Å². The molecule has 2 saturated carbocycles. The lowest BCUT2D eigenvalue weighted by Crippen LogP contribution is -2.19. The number of amides is 2. The van der Waals surface area contributed by atoms with Gasteiger partial charge in [-0.05, 0) is 55.0 Å². The van der Waals surface area contributed by atoms with Crippen LogP contribution in [0.4, 0.5) is 11.6 Å². The Morgan fingerprint density at radius 1 is 0.724 bits per heavy atom. The van der Waals surface area contributed by atoms with E-state index in [1.807, 2.05) is 48.5 Å². The zero-order valence-corrected chi connectivity index (χ0v) is 33.2. The third-order valence-corrected chi connectivity index (χ3v) is 11.2. The Bertz CT molecular complexity index is 2890. The molecule has 1 aliphatic heterocycles. The van der Waals surface area contributed by atoms with Crippen LogP contribution in [0.3, 0.4) is 0 Å². The zero-order chi connectivity index (χ0) is 40.8. The number of rotatable bonds is 12. The van der Waals surface area contributed by atoms with E-state index in [1.54, 1.807) is 33.4 Å². The number of hydrogen-bond donors (Lipinski definition) is 3. The first kappa shape index (κ1) is 38.6. The smallest absolute Gasteiger partial charge is 0.254 e. The van der Waals surface area contributed by atoms with E-state index >= 15 is 0 Å². The standard InChI is InChI=1S/C22H21N5O4S.C18H18N4O3S/c1-32(30,31)12-13-3-2-4-14(7-13)18-10-19(24-17-5-6-17)27-21(25-18)16(11-23-27)8-15-9-20(28)26-22(15)29;1-26(24,25)11-12-3-2-4-13(7-12)16-8-17(20-15-5-6-15)22-18(21-16)14(10-23)9-19-22/h2-4,7-8,10-11,17,24H,5-6,9,12H2,1H3,(H,26,28,29);2-4,7-10,15,20H,5-6,11H2,1H3/b15-8+;. The topological polar surface area (TPSA) is 216 Å². The van der Waals surface area contributed by atoms with E-state index in [-0.39, 0.29) is 23.8 Å². The van der Waals surface area contributed by atoms with Gasteiger partial charge in [-0.1, -0.05) is 36.4 Å². The summed E-state index contributed by atoms with van der Waals surface area (Å²) in [5.74, 6) is 0.721. The van der Waals surface area contributed by atoms with E-state index in [9.17, 15) is 31.2 Å². The molecule has 0 unspecified atom stereocenters. The molecule has 0 atom stereocenters. The SMILES string of the molecule is CS(=O)(=O)Cc1cccc(-c2cc(NC3CC3)n3ncc(/C=C4\CC(=O)NC4=O)c3n2)c1.CS(=O)(=O)Cc1cccc(-c2cc(NC3CC3)n3ncc(C=O)c3n2)c1. The van der Waals surface area contributed by atoms with Crippen molar-refractivity contribution in [3.05, 3.63) is 101 Å². The fourth-order valence-electron chi connectivity index (χ4n) is 6.57. The van der Waals surface area contributed by atoms with Crippen molar-refractivity contribution in [2.24, 2.45) is 0 Å². The molecule has 3 fully saturated rings. The maximum absolute atomic E-state index is 12.0. The van der Waals surface area contributed by atoms with Crippen LogP contribution in [-0.4, -0.2) is 88.7 Å². The highest BCUT2D eigenvalue weighted by molar-refractivity contribution is 7.90. The van der Waals surface area contributed by atoms with Crippen LogP contribution in [0.15, 0.2) is 78.6 Å². The minimum atomic E-state index is -3.17. The second-order valence-electron chi connectivity index (χ2n) is 14.9. The Labute approximate surface area is 333 Å². The van der Waals surface area contributed by atoms with Gasteiger partial charge in [0.05, 0.1) is 47.3 Å². The molecule has 18 heteroatoms. The molecule has 1 saturated heterocycles. The summed E-state index contributed by atoms with van der Waals surface area (Å²) in [5.41, 5.74) is 6.70. The maximum atomic E-state index is 12.0. The second-order valence-corrected chi connectivity index (χ2v) is 19.2. The molecule has 16 nitrogen and oxygen atoms in total.